The van der Waals surface area contributed by atoms with Crippen LogP contribution < -0.4 is 5.32 Å². The van der Waals surface area contributed by atoms with Gasteiger partial charge in [0.25, 0.3) is 0 Å². The van der Waals surface area contributed by atoms with Crippen molar-refractivity contribution in [2.75, 3.05) is 0 Å². The van der Waals surface area contributed by atoms with Crippen LogP contribution in [0.5, 0.6) is 0 Å². The van der Waals surface area contributed by atoms with Gasteiger partial charge in [-0.25, -0.2) is 4.98 Å². The number of nitrogens with zero attached hydrogens (tertiary/aromatic N) is 1. The maximum atomic E-state index is 12.0. The molecule has 0 spiro atoms. The average molecular weight is 314 g/mol. The molecule has 0 bridgehead atoms. The van der Waals surface area contributed by atoms with Gasteiger partial charge in [-0.3, -0.25) is 9.59 Å². The molecular formula is C18H22N2O3. The normalized spacial score (nSPS) is 12.0. The molecule has 1 aromatic heterocycles. The number of carbonyl (C=O) groups is 2. The van der Waals surface area contributed by atoms with Crippen LogP contribution in [0.1, 0.15) is 38.1 Å². The van der Waals surface area contributed by atoms with E-state index in [-0.39, 0.29) is 30.6 Å². The quantitative estimate of drug-likeness (QED) is 0.797. The van der Waals surface area contributed by atoms with Crippen molar-refractivity contribution in [2.24, 2.45) is 0 Å². The molecule has 0 aliphatic carbocycles. The highest BCUT2D eigenvalue weighted by Crippen LogP contribution is 2.21. The Morgan fingerprint density at radius 3 is 2.61 bits per heavy atom. The number of amides is 1. The SMILES string of the molecule is CCC(C)NC(=O)CC(=O)Cc1nc(-c2ccccc2)oc1C. The summed E-state index contributed by atoms with van der Waals surface area (Å²) in [5.74, 6) is 0.699. The molecule has 0 fully saturated rings. The Morgan fingerprint density at radius 1 is 1.26 bits per heavy atom. The number of Topliss-reactive ketones (excluding diaryl/α,β-unsaturated/α-hetero) is 1. The fourth-order valence-corrected chi connectivity index (χ4v) is 2.15. The summed E-state index contributed by atoms with van der Waals surface area (Å²) in [6.07, 6.45) is 0.816. The molecule has 23 heavy (non-hydrogen) atoms. The van der Waals surface area contributed by atoms with Crippen LogP contribution in [0.3, 0.4) is 0 Å². The van der Waals surface area contributed by atoms with Crippen molar-refractivity contribution in [1.29, 1.82) is 0 Å². The monoisotopic (exact) mass is 314 g/mol. The maximum absolute atomic E-state index is 12.0. The summed E-state index contributed by atoms with van der Waals surface area (Å²) in [5.41, 5.74) is 1.45. The minimum absolute atomic E-state index is 0.0776. The first-order valence-electron chi connectivity index (χ1n) is 7.82. The summed E-state index contributed by atoms with van der Waals surface area (Å²) in [6, 6.07) is 9.60. The van der Waals surface area contributed by atoms with E-state index in [0.717, 1.165) is 12.0 Å². The second-order valence-corrected chi connectivity index (χ2v) is 5.66. The van der Waals surface area contributed by atoms with Crippen molar-refractivity contribution >= 4 is 11.7 Å². The van der Waals surface area contributed by atoms with E-state index in [1.54, 1.807) is 6.92 Å². The third kappa shape index (κ3) is 4.77. The van der Waals surface area contributed by atoms with Gasteiger partial charge in [-0.05, 0) is 32.4 Å². The first-order chi connectivity index (χ1) is 11.0. The molecule has 122 valence electrons. The molecule has 0 aliphatic rings. The summed E-state index contributed by atoms with van der Waals surface area (Å²) in [4.78, 5) is 28.2. The zero-order valence-electron chi connectivity index (χ0n) is 13.8. The predicted octanol–water partition coefficient (Wildman–Crippen LogP) is 3.07. The summed E-state index contributed by atoms with van der Waals surface area (Å²) in [6.45, 7) is 5.67. The summed E-state index contributed by atoms with van der Waals surface area (Å²) in [5, 5.41) is 2.79. The second kappa shape index (κ2) is 7.72. The minimum atomic E-state index is -0.242. The van der Waals surface area contributed by atoms with Gasteiger partial charge in [0, 0.05) is 11.6 Å². The van der Waals surface area contributed by atoms with E-state index >= 15 is 0 Å². The Balaban J connectivity index is 1.99. The van der Waals surface area contributed by atoms with Gasteiger partial charge in [-0.15, -0.1) is 0 Å². The van der Waals surface area contributed by atoms with Gasteiger partial charge in [0.1, 0.15) is 11.5 Å². The Kier molecular flexibility index (Phi) is 5.68. The van der Waals surface area contributed by atoms with Crippen LogP contribution in [0.25, 0.3) is 11.5 Å². The number of nitrogens with one attached hydrogen (secondary N) is 1. The predicted molar refractivity (Wildman–Crippen MR) is 87.9 cm³/mol. The fourth-order valence-electron chi connectivity index (χ4n) is 2.15. The Bertz CT molecular complexity index is 677. The van der Waals surface area contributed by atoms with E-state index in [1.807, 2.05) is 44.2 Å². The van der Waals surface area contributed by atoms with Gasteiger partial charge in [-0.2, -0.15) is 0 Å². The Labute approximate surface area is 136 Å². The molecule has 0 saturated carbocycles. The minimum Gasteiger partial charge on any atom is -0.441 e. The average Bonchev–Trinajstić information content (AvgIpc) is 2.88. The standard InChI is InChI=1S/C18H22N2O3/c1-4-12(2)19-17(22)11-15(21)10-16-13(3)23-18(20-16)14-8-6-5-7-9-14/h5-9,12H,4,10-11H2,1-3H3,(H,19,22). The molecule has 0 saturated heterocycles. The molecule has 1 amide bonds. The molecule has 1 aromatic carbocycles. The van der Waals surface area contributed by atoms with E-state index in [9.17, 15) is 9.59 Å². The molecule has 5 heteroatoms. The van der Waals surface area contributed by atoms with Gasteiger partial charge in [-0.1, -0.05) is 25.1 Å². The number of carbonyl (C=O) groups excluding carboxylic acids is 2. The van der Waals surface area contributed by atoms with Crippen LogP contribution in [0.15, 0.2) is 34.7 Å². The van der Waals surface area contributed by atoms with Crippen LogP contribution >= 0.6 is 0 Å². The summed E-state index contributed by atoms with van der Waals surface area (Å²) in [7, 11) is 0. The van der Waals surface area contributed by atoms with Crippen molar-refractivity contribution in [1.82, 2.24) is 10.3 Å². The smallest absolute Gasteiger partial charge is 0.227 e. The topological polar surface area (TPSA) is 72.2 Å². The van der Waals surface area contributed by atoms with Crippen LogP contribution in [0.4, 0.5) is 0 Å². The van der Waals surface area contributed by atoms with Crippen molar-refractivity contribution in [3.05, 3.63) is 41.8 Å². The first kappa shape index (κ1) is 16.9. The number of aryl methyl sites for hydroxylation is 1. The number of hydrogen-bond donors (Lipinski definition) is 1. The zero-order valence-corrected chi connectivity index (χ0v) is 13.8. The van der Waals surface area contributed by atoms with Crippen molar-refractivity contribution in [3.8, 4) is 11.5 Å². The second-order valence-electron chi connectivity index (χ2n) is 5.66. The highest BCUT2D eigenvalue weighted by molar-refractivity contribution is 5.98. The lowest BCUT2D eigenvalue weighted by atomic mass is 10.1. The van der Waals surface area contributed by atoms with E-state index in [1.165, 1.54) is 0 Å². The molecule has 2 aromatic rings. The number of hydrogen-bond acceptors (Lipinski definition) is 4. The molecule has 1 N–H and O–H groups in total. The Morgan fingerprint density at radius 2 is 1.96 bits per heavy atom. The molecule has 2 rings (SSSR count). The van der Waals surface area contributed by atoms with Gasteiger partial charge in [0.05, 0.1) is 18.5 Å². The molecule has 1 atom stereocenters. The van der Waals surface area contributed by atoms with Crippen molar-refractivity contribution in [3.63, 3.8) is 0 Å². The molecule has 0 aliphatic heterocycles. The third-order valence-electron chi connectivity index (χ3n) is 3.66. The highest BCUT2D eigenvalue weighted by atomic mass is 16.4. The van der Waals surface area contributed by atoms with Crippen molar-refractivity contribution in [2.45, 2.75) is 46.1 Å². The molecule has 5 nitrogen and oxygen atoms in total. The zero-order chi connectivity index (χ0) is 16.8. The molecular weight excluding hydrogens is 292 g/mol. The molecule has 0 radical (unpaired) electrons. The molecule has 1 heterocycles. The van der Waals surface area contributed by atoms with Gasteiger partial charge >= 0.3 is 0 Å². The number of rotatable bonds is 7. The number of aromatic nitrogens is 1. The van der Waals surface area contributed by atoms with Crippen LogP contribution in [0.2, 0.25) is 0 Å². The van der Waals surface area contributed by atoms with Gasteiger partial charge in [0.2, 0.25) is 11.8 Å². The van der Waals surface area contributed by atoms with E-state index in [2.05, 4.69) is 10.3 Å². The van der Waals surface area contributed by atoms with E-state index in [4.69, 9.17) is 4.42 Å². The Hall–Kier alpha value is -2.43. The lowest BCUT2D eigenvalue weighted by Crippen LogP contribution is -2.33. The summed E-state index contributed by atoms with van der Waals surface area (Å²) >= 11 is 0. The number of ketones is 1. The maximum Gasteiger partial charge on any atom is 0.227 e. The lowest BCUT2D eigenvalue weighted by Gasteiger charge is -2.10. The highest BCUT2D eigenvalue weighted by Gasteiger charge is 2.17. The van der Waals surface area contributed by atoms with E-state index in [0.29, 0.717) is 17.3 Å². The fraction of sp³-hybridized carbons (Fsp3) is 0.389. The largest absolute Gasteiger partial charge is 0.441 e. The number of oxazole rings is 1. The van der Waals surface area contributed by atoms with E-state index < -0.39 is 0 Å². The third-order valence-corrected chi connectivity index (χ3v) is 3.66. The van der Waals surface area contributed by atoms with Crippen LogP contribution in [-0.4, -0.2) is 22.7 Å². The molecule has 1 unspecified atom stereocenters. The first-order valence-corrected chi connectivity index (χ1v) is 7.82. The number of benzene rings is 1. The van der Waals surface area contributed by atoms with Crippen LogP contribution in [-0.2, 0) is 16.0 Å². The lowest BCUT2D eigenvalue weighted by molar-refractivity contribution is -0.128. The van der Waals surface area contributed by atoms with Crippen LogP contribution in [0, 0.1) is 6.92 Å². The van der Waals surface area contributed by atoms with Crippen molar-refractivity contribution < 1.29 is 14.0 Å². The summed E-state index contributed by atoms with van der Waals surface area (Å²) < 4.78 is 5.62. The van der Waals surface area contributed by atoms with Gasteiger partial charge in [0.15, 0.2) is 0 Å². The van der Waals surface area contributed by atoms with Gasteiger partial charge < -0.3 is 9.73 Å².